The smallest absolute Gasteiger partial charge is 0.340 e. The fourth-order valence-electron chi connectivity index (χ4n) is 3.42. The molecule has 10 heteroatoms. The fraction of sp³-hybridized carbons (Fsp3) is 0.304. The van der Waals surface area contributed by atoms with Crippen LogP contribution in [0.4, 0.5) is 0 Å². The molecule has 1 N–H and O–H groups in total. The van der Waals surface area contributed by atoms with Gasteiger partial charge in [-0.05, 0) is 43.7 Å². The third-order valence-corrected chi connectivity index (χ3v) is 6.51. The first-order chi connectivity index (χ1) is 15.8. The second kappa shape index (κ2) is 10.6. The van der Waals surface area contributed by atoms with E-state index in [-0.39, 0.29) is 28.5 Å². The second-order valence-electron chi connectivity index (χ2n) is 7.25. The Hall–Kier alpha value is -3.21. The number of hydrogen-bond donors (Lipinski definition) is 1. The van der Waals surface area contributed by atoms with Gasteiger partial charge in [0.15, 0.2) is 0 Å². The minimum atomic E-state index is -3.69. The number of nitrogens with one attached hydrogen (secondary N) is 1. The molecule has 1 aromatic heterocycles. The average Bonchev–Trinajstić information content (AvgIpc) is 3.36. The fourth-order valence-corrected chi connectivity index (χ4v) is 4.44. The van der Waals surface area contributed by atoms with Gasteiger partial charge in [-0.1, -0.05) is 18.2 Å². The second-order valence-corrected chi connectivity index (χ2v) is 9.02. The summed E-state index contributed by atoms with van der Waals surface area (Å²) in [6, 6.07) is 11.2. The van der Waals surface area contributed by atoms with Gasteiger partial charge in [0.25, 0.3) is 5.91 Å². The molecule has 0 radical (unpaired) electrons. The molecule has 0 spiro atoms. The summed E-state index contributed by atoms with van der Waals surface area (Å²) in [6.45, 7) is 2.48. The maximum atomic E-state index is 13.0. The maximum Gasteiger partial charge on any atom is 0.340 e. The van der Waals surface area contributed by atoms with E-state index in [0.717, 1.165) is 0 Å². The Labute approximate surface area is 192 Å². The molecule has 0 saturated carbocycles. The topological polar surface area (TPSA) is 115 Å². The molecule has 0 bridgehead atoms. The molecular weight excluding hydrogens is 448 g/mol. The standard InChI is InChI=1S/C23H26N2O7S/c1-16-21(23(27)31-3)20(22(26)25(16)12-7-13-30-2)14-17-10-11-18(32-17)15-24-33(28,29)19-8-5-4-6-9-19/h4-6,8-11,14,24H,7,12-13,15H2,1-3H3. The normalized spacial score (nSPS) is 15.5. The average molecular weight is 475 g/mol. The Morgan fingerprint density at radius 1 is 1.15 bits per heavy atom. The van der Waals surface area contributed by atoms with E-state index in [1.165, 1.54) is 30.2 Å². The van der Waals surface area contributed by atoms with Gasteiger partial charge in [0, 0.05) is 26.0 Å². The van der Waals surface area contributed by atoms with Crippen LogP contribution in [-0.4, -0.2) is 52.6 Å². The van der Waals surface area contributed by atoms with E-state index in [0.29, 0.717) is 36.8 Å². The van der Waals surface area contributed by atoms with E-state index in [1.807, 2.05) is 0 Å². The van der Waals surface area contributed by atoms with Crippen LogP contribution in [0.25, 0.3) is 6.08 Å². The number of nitrogens with zero attached hydrogens (tertiary/aromatic N) is 1. The van der Waals surface area contributed by atoms with Gasteiger partial charge >= 0.3 is 5.97 Å². The number of allylic oxidation sites excluding steroid dienone is 1. The largest absolute Gasteiger partial charge is 0.465 e. The third-order valence-electron chi connectivity index (χ3n) is 5.09. The van der Waals surface area contributed by atoms with Crippen LogP contribution in [0.15, 0.2) is 68.6 Å². The van der Waals surface area contributed by atoms with E-state index >= 15 is 0 Å². The summed E-state index contributed by atoms with van der Waals surface area (Å²) < 4.78 is 42.8. The Morgan fingerprint density at radius 3 is 2.55 bits per heavy atom. The van der Waals surface area contributed by atoms with Crippen molar-refractivity contribution in [3.05, 3.63) is 70.8 Å². The summed E-state index contributed by atoms with van der Waals surface area (Å²) in [6.07, 6.45) is 2.07. The molecule has 2 heterocycles. The quantitative estimate of drug-likeness (QED) is 0.320. The summed E-state index contributed by atoms with van der Waals surface area (Å²) >= 11 is 0. The maximum absolute atomic E-state index is 13.0. The van der Waals surface area contributed by atoms with Crippen LogP contribution < -0.4 is 4.72 Å². The zero-order valence-corrected chi connectivity index (χ0v) is 19.5. The van der Waals surface area contributed by atoms with Crippen LogP contribution in [0.5, 0.6) is 0 Å². The molecule has 0 aliphatic carbocycles. The molecule has 1 aromatic carbocycles. The van der Waals surface area contributed by atoms with Crippen molar-refractivity contribution in [2.75, 3.05) is 27.4 Å². The minimum absolute atomic E-state index is 0.0732. The summed E-state index contributed by atoms with van der Waals surface area (Å²) in [5.74, 6) is -0.306. The van der Waals surface area contributed by atoms with Crippen molar-refractivity contribution in [1.29, 1.82) is 0 Å². The molecule has 1 amide bonds. The van der Waals surface area contributed by atoms with Crippen molar-refractivity contribution in [3.63, 3.8) is 0 Å². The van der Waals surface area contributed by atoms with Gasteiger partial charge in [0.1, 0.15) is 11.5 Å². The minimum Gasteiger partial charge on any atom is -0.465 e. The van der Waals surface area contributed by atoms with E-state index in [2.05, 4.69) is 4.72 Å². The summed E-state index contributed by atoms with van der Waals surface area (Å²) in [7, 11) is -0.865. The first-order valence-corrected chi connectivity index (χ1v) is 11.7. The lowest BCUT2D eigenvalue weighted by Gasteiger charge is -2.17. The molecule has 0 fully saturated rings. The molecule has 0 unspecified atom stereocenters. The molecule has 1 aliphatic heterocycles. The predicted molar refractivity (Wildman–Crippen MR) is 120 cm³/mol. The van der Waals surface area contributed by atoms with Gasteiger partial charge in [-0.15, -0.1) is 0 Å². The molecule has 3 rings (SSSR count). The number of sulfonamides is 1. The molecule has 0 saturated heterocycles. The lowest BCUT2D eigenvalue weighted by Crippen LogP contribution is -2.26. The zero-order valence-electron chi connectivity index (χ0n) is 18.7. The van der Waals surface area contributed by atoms with Crippen molar-refractivity contribution in [1.82, 2.24) is 9.62 Å². The molecule has 176 valence electrons. The van der Waals surface area contributed by atoms with Crippen molar-refractivity contribution >= 4 is 28.0 Å². The van der Waals surface area contributed by atoms with Crippen LogP contribution in [0.3, 0.4) is 0 Å². The van der Waals surface area contributed by atoms with Crippen molar-refractivity contribution in [2.24, 2.45) is 0 Å². The van der Waals surface area contributed by atoms with E-state index < -0.39 is 16.0 Å². The number of rotatable bonds is 10. The Bertz CT molecular complexity index is 1180. The zero-order chi connectivity index (χ0) is 24.0. The number of hydrogen-bond acceptors (Lipinski definition) is 7. The highest BCUT2D eigenvalue weighted by molar-refractivity contribution is 7.89. The number of ether oxygens (including phenoxy) is 2. The van der Waals surface area contributed by atoms with E-state index in [9.17, 15) is 18.0 Å². The lowest BCUT2D eigenvalue weighted by atomic mass is 10.1. The number of furan rings is 1. The molecular formula is C23H26N2O7S. The van der Waals surface area contributed by atoms with Gasteiger partial charge in [0.2, 0.25) is 10.0 Å². The molecule has 0 atom stereocenters. The van der Waals surface area contributed by atoms with E-state index in [4.69, 9.17) is 13.9 Å². The third kappa shape index (κ3) is 5.59. The van der Waals surface area contributed by atoms with Crippen LogP contribution in [0.1, 0.15) is 24.9 Å². The molecule has 33 heavy (non-hydrogen) atoms. The van der Waals surface area contributed by atoms with Crippen molar-refractivity contribution in [3.8, 4) is 0 Å². The van der Waals surface area contributed by atoms with Gasteiger partial charge in [0.05, 0.1) is 29.7 Å². The Balaban J connectivity index is 1.79. The SMILES string of the molecule is COCCCN1C(=O)C(=Cc2ccc(CNS(=O)(=O)c3ccccc3)o2)C(C(=O)OC)=C1C. The molecule has 2 aromatic rings. The highest BCUT2D eigenvalue weighted by atomic mass is 32.2. The number of carbonyl (C=O) groups is 2. The molecule has 1 aliphatic rings. The number of benzene rings is 1. The van der Waals surface area contributed by atoms with Crippen LogP contribution in [-0.2, 0) is 35.6 Å². The first-order valence-electron chi connectivity index (χ1n) is 10.2. The number of amides is 1. The van der Waals surface area contributed by atoms with Crippen molar-refractivity contribution < 1.29 is 31.9 Å². The van der Waals surface area contributed by atoms with Crippen LogP contribution >= 0.6 is 0 Å². The summed E-state index contributed by atoms with van der Waals surface area (Å²) in [4.78, 5) is 27.0. The first kappa shape index (κ1) is 24.4. The van der Waals surface area contributed by atoms with Crippen LogP contribution in [0.2, 0.25) is 0 Å². The highest BCUT2D eigenvalue weighted by Gasteiger charge is 2.36. The van der Waals surface area contributed by atoms with Gasteiger partial charge in [-0.2, -0.15) is 0 Å². The lowest BCUT2D eigenvalue weighted by molar-refractivity contribution is -0.136. The monoisotopic (exact) mass is 474 g/mol. The number of methoxy groups -OCH3 is 2. The van der Waals surface area contributed by atoms with Gasteiger partial charge < -0.3 is 18.8 Å². The predicted octanol–water partition coefficient (Wildman–Crippen LogP) is 2.47. The molecule has 9 nitrogen and oxygen atoms in total. The summed E-state index contributed by atoms with van der Waals surface area (Å²) in [5, 5.41) is 0. The highest BCUT2D eigenvalue weighted by Crippen LogP contribution is 2.32. The van der Waals surface area contributed by atoms with E-state index in [1.54, 1.807) is 44.4 Å². The number of esters is 1. The van der Waals surface area contributed by atoms with Crippen molar-refractivity contribution in [2.45, 2.75) is 24.8 Å². The summed E-state index contributed by atoms with van der Waals surface area (Å²) in [5.41, 5.74) is 0.821. The Kier molecular flexibility index (Phi) is 7.85. The van der Waals surface area contributed by atoms with Gasteiger partial charge in [-0.25, -0.2) is 17.9 Å². The van der Waals surface area contributed by atoms with Gasteiger partial charge in [-0.3, -0.25) is 4.79 Å². The number of carbonyl (C=O) groups excluding carboxylic acids is 2. The Morgan fingerprint density at radius 2 is 1.88 bits per heavy atom. The van der Waals surface area contributed by atoms with Crippen LogP contribution in [0, 0.1) is 0 Å².